The van der Waals surface area contributed by atoms with Gasteiger partial charge in [-0.2, -0.15) is 0 Å². The second kappa shape index (κ2) is 2.65. The van der Waals surface area contributed by atoms with Crippen LogP contribution in [0.25, 0.3) is 0 Å². The quantitative estimate of drug-likeness (QED) is 0.499. The first-order valence-corrected chi connectivity index (χ1v) is 4.28. The van der Waals surface area contributed by atoms with Gasteiger partial charge >= 0.3 is 0 Å². The molecule has 2 rings (SSSR count). The minimum atomic E-state index is 1.03. The molecule has 0 aromatic rings. The van der Waals surface area contributed by atoms with Crippen molar-refractivity contribution >= 4 is 6.21 Å². The molecule has 0 radical (unpaired) electrons. The van der Waals surface area contributed by atoms with Crippen LogP contribution in [0.3, 0.4) is 0 Å². The second-order valence-corrected chi connectivity index (χ2v) is 3.33. The van der Waals surface area contributed by atoms with Crippen LogP contribution in [0.4, 0.5) is 0 Å². The van der Waals surface area contributed by atoms with Crippen LogP contribution in [0.5, 0.6) is 0 Å². The molecule has 1 aliphatic heterocycles. The third kappa shape index (κ3) is 1.28. The third-order valence-electron chi connectivity index (χ3n) is 2.31. The predicted octanol–water partition coefficient (Wildman–Crippen LogP) is 2.85. The molecule has 58 valence electrons. The van der Waals surface area contributed by atoms with Crippen molar-refractivity contribution in [3.63, 3.8) is 0 Å². The molecule has 0 unspecified atom stereocenters. The number of hydrogen-bond donors (Lipinski definition) is 0. The Morgan fingerprint density at radius 1 is 1.36 bits per heavy atom. The summed E-state index contributed by atoms with van der Waals surface area (Å²) in [6, 6.07) is 0. The van der Waals surface area contributed by atoms with E-state index in [1.165, 1.54) is 36.1 Å². The zero-order valence-electron chi connectivity index (χ0n) is 6.93. The highest BCUT2D eigenvalue weighted by Crippen LogP contribution is 2.30. The first-order chi connectivity index (χ1) is 5.36. The Labute approximate surface area is 67.5 Å². The van der Waals surface area contributed by atoms with Gasteiger partial charge in [0.1, 0.15) is 0 Å². The molecular formula is C10H13N. The van der Waals surface area contributed by atoms with Crippen molar-refractivity contribution in [2.75, 3.05) is 0 Å². The van der Waals surface area contributed by atoms with Crippen LogP contribution in [0.15, 0.2) is 27.9 Å². The van der Waals surface area contributed by atoms with Crippen molar-refractivity contribution < 1.29 is 0 Å². The molecule has 2 aliphatic rings. The van der Waals surface area contributed by atoms with E-state index in [1.807, 2.05) is 6.21 Å². The van der Waals surface area contributed by atoms with Gasteiger partial charge in [-0.05, 0) is 31.8 Å². The lowest BCUT2D eigenvalue weighted by atomic mass is 10.1. The molecule has 11 heavy (non-hydrogen) atoms. The summed E-state index contributed by atoms with van der Waals surface area (Å²) in [6.45, 7) is 2.18. The molecule has 1 nitrogen and oxygen atoms in total. The SMILES string of the molecule is CC1=CC2=C(CCC2)N=CC1. The molecular weight excluding hydrogens is 134 g/mol. The fourth-order valence-corrected chi connectivity index (χ4v) is 1.71. The van der Waals surface area contributed by atoms with Gasteiger partial charge in [-0.25, -0.2) is 0 Å². The van der Waals surface area contributed by atoms with Gasteiger partial charge in [0.05, 0.1) is 0 Å². The van der Waals surface area contributed by atoms with Crippen LogP contribution in [0.1, 0.15) is 32.6 Å². The van der Waals surface area contributed by atoms with Crippen molar-refractivity contribution in [2.24, 2.45) is 4.99 Å². The van der Waals surface area contributed by atoms with E-state index in [4.69, 9.17) is 0 Å². The van der Waals surface area contributed by atoms with Crippen LogP contribution >= 0.6 is 0 Å². The fourth-order valence-electron chi connectivity index (χ4n) is 1.71. The Balaban J connectivity index is 2.36. The van der Waals surface area contributed by atoms with Crippen molar-refractivity contribution in [1.29, 1.82) is 0 Å². The number of allylic oxidation sites excluding steroid dienone is 4. The van der Waals surface area contributed by atoms with E-state index in [0.717, 1.165) is 6.42 Å². The molecule has 1 aliphatic carbocycles. The molecule has 0 saturated carbocycles. The Kier molecular flexibility index (Phi) is 1.65. The summed E-state index contributed by atoms with van der Waals surface area (Å²) in [4.78, 5) is 4.44. The van der Waals surface area contributed by atoms with Gasteiger partial charge in [0.15, 0.2) is 0 Å². The van der Waals surface area contributed by atoms with Gasteiger partial charge < -0.3 is 0 Å². The van der Waals surface area contributed by atoms with Gasteiger partial charge in [-0.1, -0.05) is 11.6 Å². The highest BCUT2D eigenvalue weighted by molar-refractivity contribution is 5.65. The number of aliphatic imine (C=N–C) groups is 1. The number of nitrogens with zero attached hydrogens (tertiary/aromatic N) is 1. The van der Waals surface area contributed by atoms with Gasteiger partial charge in [0.2, 0.25) is 0 Å². The average molecular weight is 147 g/mol. The van der Waals surface area contributed by atoms with E-state index < -0.39 is 0 Å². The van der Waals surface area contributed by atoms with Crippen LogP contribution in [0.2, 0.25) is 0 Å². The van der Waals surface area contributed by atoms with Gasteiger partial charge in [-0.15, -0.1) is 0 Å². The summed E-state index contributed by atoms with van der Waals surface area (Å²) in [6.07, 6.45) is 9.12. The second-order valence-electron chi connectivity index (χ2n) is 3.33. The van der Waals surface area contributed by atoms with Gasteiger partial charge in [-0.3, -0.25) is 4.99 Å². The molecule has 0 fully saturated rings. The predicted molar refractivity (Wildman–Crippen MR) is 47.7 cm³/mol. The van der Waals surface area contributed by atoms with E-state index >= 15 is 0 Å². The van der Waals surface area contributed by atoms with Crippen LogP contribution in [-0.4, -0.2) is 6.21 Å². The minimum absolute atomic E-state index is 1.03. The number of rotatable bonds is 0. The van der Waals surface area contributed by atoms with Crippen molar-refractivity contribution in [3.8, 4) is 0 Å². The van der Waals surface area contributed by atoms with Gasteiger partial charge in [0.25, 0.3) is 0 Å². The molecule has 0 amide bonds. The van der Waals surface area contributed by atoms with Crippen LogP contribution in [0, 0.1) is 0 Å². The fraction of sp³-hybridized carbons (Fsp3) is 0.500. The van der Waals surface area contributed by atoms with E-state index in [9.17, 15) is 0 Å². The molecule has 0 N–H and O–H groups in total. The van der Waals surface area contributed by atoms with E-state index in [0.29, 0.717) is 0 Å². The smallest absolute Gasteiger partial charge is 0.0431 e. The lowest BCUT2D eigenvalue weighted by Crippen LogP contribution is -1.77. The van der Waals surface area contributed by atoms with Crippen molar-refractivity contribution in [2.45, 2.75) is 32.6 Å². The molecule has 1 heterocycles. The summed E-state index contributed by atoms with van der Waals surface area (Å²) in [5, 5.41) is 0. The summed E-state index contributed by atoms with van der Waals surface area (Å²) >= 11 is 0. The highest BCUT2D eigenvalue weighted by atomic mass is 14.7. The maximum atomic E-state index is 4.44. The molecule has 0 aromatic heterocycles. The maximum absolute atomic E-state index is 4.44. The minimum Gasteiger partial charge on any atom is -0.265 e. The summed E-state index contributed by atoms with van der Waals surface area (Å²) in [5.41, 5.74) is 4.26. The Morgan fingerprint density at radius 3 is 3.18 bits per heavy atom. The van der Waals surface area contributed by atoms with Crippen molar-refractivity contribution in [3.05, 3.63) is 22.9 Å². The maximum Gasteiger partial charge on any atom is 0.0431 e. The standard InChI is InChI=1S/C10H13N/c1-8-5-6-11-10-4-2-3-9(10)7-8/h6-7H,2-5H2,1H3. The van der Waals surface area contributed by atoms with Crippen molar-refractivity contribution in [1.82, 2.24) is 0 Å². The largest absolute Gasteiger partial charge is 0.265 e. The molecule has 1 heteroatoms. The zero-order chi connectivity index (χ0) is 7.68. The van der Waals surface area contributed by atoms with E-state index in [2.05, 4.69) is 18.0 Å². The van der Waals surface area contributed by atoms with Crippen LogP contribution < -0.4 is 0 Å². The summed E-state index contributed by atoms with van der Waals surface area (Å²) in [7, 11) is 0. The topological polar surface area (TPSA) is 12.4 Å². The molecule has 0 bridgehead atoms. The van der Waals surface area contributed by atoms with E-state index in [1.54, 1.807) is 0 Å². The average Bonchev–Trinajstić information content (AvgIpc) is 2.31. The van der Waals surface area contributed by atoms with E-state index in [-0.39, 0.29) is 0 Å². The third-order valence-corrected chi connectivity index (χ3v) is 2.31. The molecule has 0 aromatic carbocycles. The van der Waals surface area contributed by atoms with Crippen LogP contribution in [-0.2, 0) is 0 Å². The first kappa shape index (κ1) is 6.84. The summed E-state index contributed by atoms with van der Waals surface area (Å²) in [5.74, 6) is 0. The molecule has 0 saturated heterocycles. The van der Waals surface area contributed by atoms with Gasteiger partial charge in [0, 0.05) is 18.3 Å². The first-order valence-electron chi connectivity index (χ1n) is 4.28. The lowest BCUT2D eigenvalue weighted by Gasteiger charge is -1.94. The highest BCUT2D eigenvalue weighted by Gasteiger charge is 2.12. The molecule has 0 spiro atoms. The molecule has 0 atom stereocenters. The Bertz CT molecular complexity index is 256. The Hall–Kier alpha value is -0.850. The normalized spacial score (nSPS) is 23.2. The summed E-state index contributed by atoms with van der Waals surface area (Å²) < 4.78 is 0. The monoisotopic (exact) mass is 147 g/mol. The zero-order valence-corrected chi connectivity index (χ0v) is 6.93. The lowest BCUT2D eigenvalue weighted by molar-refractivity contribution is 0.892. The Morgan fingerprint density at radius 2 is 2.27 bits per heavy atom. The number of hydrogen-bond acceptors (Lipinski definition) is 1.